The molecule has 0 radical (unpaired) electrons. The lowest BCUT2D eigenvalue weighted by Crippen LogP contribution is -2.34. The largest absolute Gasteiger partial charge is 0.418 e. The maximum atomic E-state index is 13.7. The fraction of sp³-hybridized carbons (Fsp3) is 0.214. The summed E-state index contributed by atoms with van der Waals surface area (Å²) in [4.78, 5) is 25.5. The van der Waals surface area contributed by atoms with E-state index in [0.29, 0.717) is 40.0 Å². The zero-order valence-electron chi connectivity index (χ0n) is 23.1. The van der Waals surface area contributed by atoms with Crippen molar-refractivity contribution in [1.29, 1.82) is 0 Å². The molecule has 0 aliphatic heterocycles. The summed E-state index contributed by atoms with van der Waals surface area (Å²) >= 11 is 0. The Kier molecular flexibility index (Phi) is 8.44. The summed E-state index contributed by atoms with van der Waals surface area (Å²) < 4.78 is 72.0. The minimum Gasteiger partial charge on any atom is -0.274 e. The molecule has 0 spiro atoms. The van der Waals surface area contributed by atoms with Gasteiger partial charge in [0.2, 0.25) is 0 Å². The molecule has 0 unspecified atom stereocenters. The van der Waals surface area contributed by atoms with Crippen LogP contribution in [0.4, 0.5) is 18.0 Å². The monoisotopic (exact) mass is 626 g/mol. The summed E-state index contributed by atoms with van der Waals surface area (Å²) in [5.74, 6) is 0.340. The van der Waals surface area contributed by atoms with Gasteiger partial charge in [0.05, 0.1) is 22.7 Å². The normalized spacial score (nSPS) is 11.9. The quantitative estimate of drug-likeness (QED) is 0.241. The van der Waals surface area contributed by atoms with Gasteiger partial charge < -0.3 is 0 Å². The Morgan fingerprint density at radius 3 is 2.36 bits per heavy atom. The van der Waals surface area contributed by atoms with Gasteiger partial charge >= 0.3 is 17.9 Å². The first-order chi connectivity index (χ1) is 21.0. The molecule has 228 valence electrons. The van der Waals surface area contributed by atoms with Crippen molar-refractivity contribution in [3.63, 3.8) is 0 Å². The van der Waals surface area contributed by atoms with Crippen LogP contribution in [0.5, 0.6) is 0 Å². The highest BCUT2D eigenvalue weighted by Crippen LogP contribution is 2.33. The zero-order chi connectivity index (χ0) is 31.5. The Labute approximate surface area is 248 Å². The van der Waals surface area contributed by atoms with E-state index in [1.165, 1.54) is 34.9 Å². The van der Waals surface area contributed by atoms with Crippen LogP contribution in [0.25, 0.3) is 16.8 Å². The molecule has 0 saturated carbocycles. The number of amides is 1. The van der Waals surface area contributed by atoms with Gasteiger partial charge in [-0.05, 0) is 46.2 Å². The van der Waals surface area contributed by atoms with E-state index in [-0.39, 0.29) is 17.1 Å². The van der Waals surface area contributed by atoms with Gasteiger partial charge in [0.15, 0.2) is 0 Å². The first kappa shape index (κ1) is 30.3. The van der Waals surface area contributed by atoms with Gasteiger partial charge in [-0.15, -0.1) is 14.9 Å². The van der Waals surface area contributed by atoms with E-state index in [0.717, 1.165) is 23.5 Å². The summed E-state index contributed by atoms with van der Waals surface area (Å²) in [6.07, 6.45) is -1.89. The zero-order valence-corrected chi connectivity index (χ0v) is 24.0. The Bertz CT molecular complexity index is 1950. The molecule has 3 aromatic carbocycles. The number of nitrogens with zero attached hydrogens (tertiary/aromatic N) is 7. The Balaban J connectivity index is 1.46. The second-order valence-corrected chi connectivity index (χ2v) is 11.3. The average molecular weight is 627 g/mol. The number of hydrogen-bond acceptors (Lipinski definition) is 8. The van der Waals surface area contributed by atoms with Gasteiger partial charge in [-0.25, -0.2) is 22.7 Å². The lowest BCUT2D eigenvalue weighted by atomic mass is 10.0. The van der Waals surface area contributed by atoms with Crippen LogP contribution in [0.15, 0.2) is 88.8 Å². The number of nitrogens with one attached hydrogen (secondary N) is 1. The molecule has 0 aliphatic carbocycles. The van der Waals surface area contributed by atoms with Crippen LogP contribution in [-0.4, -0.2) is 49.0 Å². The summed E-state index contributed by atoms with van der Waals surface area (Å²) in [6.45, 7) is 1.97. The van der Waals surface area contributed by atoms with Crippen LogP contribution in [0, 0.1) is 0 Å². The van der Waals surface area contributed by atoms with Crippen LogP contribution >= 0.6 is 0 Å². The summed E-state index contributed by atoms with van der Waals surface area (Å²) in [5, 5.41) is 14.3. The van der Waals surface area contributed by atoms with Crippen molar-refractivity contribution in [3.05, 3.63) is 107 Å². The van der Waals surface area contributed by atoms with Crippen LogP contribution < -0.4 is 10.4 Å². The van der Waals surface area contributed by atoms with Gasteiger partial charge in [0.1, 0.15) is 12.2 Å². The Morgan fingerprint density at radius 2 is 1.68 bits per heavy atom. The number of sulfonamides is 1. The van der Waals surface area contributed by atoms with E-state index in [4.69, 9.17) is 0 Å². The van der Waals surface area contributed by atoms with Crippen LogP contribution in [0.2, 0.25) is 0 Å². The minimum absolute atomic E-state index is 0.0221. The third-order valence-electron chi connectivity index (χ3n) is 6.69. The number of carbonyl (C=O) groups is 1. The number of rotatable bonds is 9. The molecular formula is C28H25F3N8O4S. The lowest BCUT2D eigenvalue weighted by molar-refractivity contribution is -0.137. The molecule has 5 rings (SSSR count). The maximum Gasteiger partial charge on any atom is 0.418 e. The highest BCUT2D eigenvalue weighted by atomic mass is 32.2. The van der Waals surface area contributed by atoms with Gasteiger partial charge in [0, 0.05) is 12.0 Å². The molecule has 0 fully saturated rings. The van der Waals surface area contributed by atoms with E-state index in [2.05, 4.69) is 20.6 Å². The van der Waals surface area contributed by atoms with E-state index < -0.39 is 33.5 Å². The summed E-state index contributed by atoms with van der Waals surface area (Å²) in [5.41, 5.74) is -0.620. The molecule has 5 aromatic rings. The third kappa shape index (κ3) is 6.29. The number of halogens is 3. The number of carbonyl (C=O) groups excluding carboxylic acids is 1. The second kappa shape index (κ2) is 12.2. The molecule has 12 nitrogen and oxygen atoms in total. The number of aromatic nitrogens is 7. The summed E-state index contributed by atoms with van der Waals surface area (Å²) in [7, 11) is -4.33. The number of alkyl halides is 3. The van der Waals surface area contributed by atoms with Crippen molar-refractivity contribution >= 4 is 16.1 Å². The molecule has 2 aromatic heterocycles. The van der Waals surface area contributed by atoms with Crippen molar-refractivity contribution in [2.45, 2.75) is 43.8 Å². The summed E-state index contributed by atoms with van der Waals surface area (Å²) in [6, 6.07) is 16.4. The average Bonchev–Trinajstić information content (AvgIpc) is 3.65. The van der Waals surface area contributed by atoms with E-state index >= 15 is 0 Å². The first-order valence-electron chi connectivity index (χ1n) is 13.3. The van der Waals surface area contributed by atoms with Crippen LogP contribution in [0.3, 0.4) is 0 Å². The highest BCUT2D eigenvalue weighted by molar-refractivity contribution is 7.90. The van der Waals surface area contributed by atoms with Gasteiger partial charge in [-0.3, -0.25) is 4.57 Å². The predicted octanol–water partition coefficient (Wildman–Crippen LogP) is 4.04. The van der Waals surface area contributed by atoms with Crippen molar-refractivity contribution in [2.75, 3.05) is 0 Å². The highest BCUT2D eigenvalue weighted by Gasteiger charge is 2.35. The predicted molar refractivity (Wildman–Crippen MR) is 151 cm³/mol. The first-order valence-corrected chi connectivity index (χ1v) is 14.8. The van der Waals surface area contributed by atoms with E-state index in [1.807, 2.05) is 11.6 Å². The van der Waals surface area contributed by atoms with Gasteiger partial charge in [-0.2, -0.15) is 17.9 Å². The number of benzene rings is 3. The smallest absolute Gasteiger partial charge is 0.274 e. The standard InChI is InChI=1S/C28H25F3N8O4S/c1-2-3-12-25-33-39(23-10-6-5-9-22(23)28(29,30)31)27(41)37(25)17-19-13-15-20(16-14-19)21-8-4-7-11-24(21)44(42,43)34-26(40)38-18-32-35-36-38/h4-11,13-16,18H,2-3,12,17H2,1H3,(H,34,40). The Hall–Kier alpha value is -5.12. The maximum absolute atomic E-state index is 13.7. The van der Waals surface area contributed by atoms with Crippen LogP contribution in [0.1, 0.15) is 36.7 Å². The van der Waals surface area contributed by atoms with Gasteiger partial charge in [0.25, 0.3) is 10.0 Å². The fourth-order valence-corrected chi connectivity index (χ4v) is 5.72. The number of para-hydroxylation sites is 1. The molecule has 1 N–H and O–H groups in total. The van der Waals surface area contributed by atoms with E-state index in [9.17, 15) is 31.2 Å². The molecule has 0 saturated heterocycles. The lowest BCUT2D eigenvalue weighted by Gasteiger charge is -2.12. The molecule has 0 atom stereocenters. The number of hydrogen-bond donors (Lipinski definition) is 1. The van der Waals surface area contributed by atoms with Crippen LogP contribution in [-0.2, 0) is 29.2 Å². The fourth-order valence-electron chi connectivity index (χ4n) is 4.55. The minimum atomic E-state index is -4.68. The Morgan fingerprint density at radius 1 is 0.977 bits per heavy atom. The van der Waals surface area contributed by atoms with Crippen molar-refractivity contribution < 1.29 is 26.4 Å². The van der Waals surface area contributed by atoms with Crippen molar-refractivity contribution in [1.82, 2.24) is 39.3 Å². The number of aryl methyl sites for hydroxylation is 1. The molecule has 16 heteroatoms. The topological polar surface area (TPSA) is 147 Å². The van der Waals surface area contributed by atoms with Crippen molar-refractivity contribution in [3.8, 4) is 16.8 Å². The molecular weight excluding hydrogens is 601 g/mol. The van der Waals surface area contributed by atoms with Crippen molar-refractivity contribution in [2.24, 2.45) is 0 Å². The number of unbranched alkanes of at least 4 members (excludes halogenated alkanes) is 1. The molecule has 0 bridgehead atoms. The third-order valence-corrected chi connectivity index (χ3v) is 8.07. The molecule has 2 heterocycles. The molecule has 0 aliphatic rings. The SMILES string of the molecule is CCCCc1nn(-c2ccccc2C(F)(F)F)c(=O)n1Cc1ccc(-c2ccccc2S(=O)(=O)NC(=O)n2cnnn2)cc1. The van der Waals surface area contributed by atoms with Gasteiger partial charge in [-0.1, -0.05) is 67.9 Å². The molecule has 44 heavy (non-hydrogen) atoms. The number of tetrazole rings is 1. The second-order valence-electron chi connectivity index (χ2n) is 9.67. The molecule has 1 amide bonds. The van der Waals surface area contributed by atoms with E-state index in [1.54, 1.807) is 36.4 Å².